The normalized spacial score (nSPS) is 42.3. The lowest BCUT2D eigenvalue weighted by atomic mass is 9.33. The van der Waals surface area contributed by atoms with Crippen molar-refractivity contribution in [3.63, 3.8) is 0 Å². The van der Waals surface area contributed by atoms with E-state index in [0.717, 1.165) is 62.5 Å². The van der Waals surface area contributed by atoms with Gasteiger partial charge < -0.3 is 9.84 Å². The second-order valence-electron chi connectivity index (χ2n) is 17.8. The Bertz CT molecular complexity index is 1520. The van der Waals surface area contributed by atoms with Crippen LogP contribution in [0.25, 0.3) is 0 Å². The van der Waals surface area contributed by atoms with Crippen LogP contribution in [0.1, 0.15) is 117 Å². The van der Waals surface area contributed by atoms with Gasteiger partial charge in [0.05, 0.1) is 11.5 Å². The zero-order chi connectivity index (χ0) is 33.6. The largest absolute Gasteiger partial charge is 0.452 e. The number of ketones is 1. The standard InChI is InChI=1S/C43H56O4/c1-27-18-23-43(38(46)47-36(29-14-10-8-11-15-29)30-16-12-9-13-17-30)25-24-41(6)31(35(43)28(27)2)26-32(44)37-40(5)21-20-34(45)39(3,4)33(40)19-22-42(37,41)7/h8-17,26-28,33-37,45H,18-25H2,1-7H3/t27-,28+,33+,34+,35+,37-,40+,41-,42-,43+/m1/s1. The van der Waals surface area contributed by atoms with Gasteiger partial charge in [-0.15, -0.1) is 0 Å². The molecule has 0 amide bonds. The van der Waals surface area contributed by atoms with E-state index in [1.54, 1.807) is 0 Å². The van der Waals surface area contributed by atoms with Gasteiger partial charge in [0, 0.05) is 5.92 Å². The smallest absolute Gasteiger partial charge is 0.313 e. The van der Waals surface area contributed by atoms with E-state index >= 15 is 0 Å². The summed E-state index contributed by atoms with van der Waals surface area (Å²) in [6.07, 6.45) is 8.37. The molecule has 4 heteroatoms. The maximum absolute atomic E-state index is 15.0. The first-order chi connectivity index (χ1) is 22.2. The third-order valence-corrected chi connectivity index (χ3v) is 15.5. The van der Waals surface area contributed by atoms with Gasteiger partial charge in [0.1, 0.15) is 0 Å². The predicted octanol–water partition coefficient (Wildman–Crippen LogP) is 9.52. The molecule has 4 fully saturated rings. The second-order valence-corrected chi connectivity index (χ2v) is 17.8. The average Bonchev–Trinajstić information content (AvgIpc) is 3.05. The maximum atomic E-state index is 15.0. The van der Waals surface area contributed by atoms with Gasteiger partial charge in [0.25, 0.3) is 0 Å². The fourth-order valence-corrected chi connectivity index (χ4v) is 12.5. The van der Waals surface area contributed by atoms with Crippen LogP contribution in [0.5, 0.6) is 0 Å². The molecule has 47 heavy (non-hydrogen) atoms. The van der Waals surface area contributed by atoms with Gasteiger partial charge in [0.15, 0.2) is 11.9 Å². The van der Waals surface area contributed by atoms with E-state index in [4.69, 9.17) is 4.74 Å². The first-order valence-corrected chi connectivity index (χ1v) is 18.5. The number of hydrogen-bond acceptors (Lipinski definition) is 4. The van der Waals surface area contributed by atoms with Gasteiger partial charge in [0.2, 0.25) is 0 Å². The van der Waals surface area contributed by atoms with Crippen LogP contribution in [-0.2, 0) is 14.3 Å². The number of allylic oxidation sites excluding steroid dienone is 2. The Balaban J connectivity index is 1.31. The molecule has 0 saturated heterocycles. The van der Waals surface area contributed by atoms with Crippen molar-refractivity contribution in [1.29, 1.82) is 0 Å². The second kappa shape index (κ2) is 11.2. The van der Waals surface area contributed by atoms with E-state index in [1.165, 1.54) is 5.57 Å². The molecule has 0 aliphatic heterocycles. The summed E-state index contributed by atoms with van der Waals surface area (Å²) in [5.74, 6) is 1.09. The first-order valence-electron chi connectivity index (χ1n) is 18.5. The summed E-state index contributed by atoms with van der Waals surface area (Å²) in [5.41, 5.74) is 1.78. The van der Waals surface area contributed by atoms with E-state index in [1.807, 2.05) is 36.4 Å². The van der Waals surface area contributed by atoms with Crippen LogP contribution in [0.2, 0.25) is 0 Å². The number of carbonyl (C=O) groups excluding carboxylic acids is 2. The van der Waals surface area contributed by atoms with Crippen molar-refractivity contribution < 1.29 is 19.4 Å². The van der Waals surface area contributed by atoms with Crippen molar-refractivity contribution in [1.82, 2.24) is 0 Å². The molecule has 4 saturated carbocycles. The highest BCUT2D eigenvalue weighted by Crippen LogP contribution is 2.75. The van der Waals surface area contributed by atoms with Gasteiger partial charge in [-0.2, -0.15) is 0 Å². The van der Waals surface area contributed by atoms with E-state index < -0.39 is 11.5 Å². The van der Waals surface area contributed by atoms with Crippen LogP contribution < -0.4 is 0 Å². The minimum absolute atomic E-state index is 0.0263. The van der Waals surface area contributed by atoms with Gasteiger partial charge in [-0.05, 0) is 114 Å². The molecule has 5 aliphatic rings. The van der Waals surface area contributed by atoms with E-state index in [2.05, 4.69) is 78.8 Å². The minimum atomic E-state index is -0.652. The summed E-state index contributed by atoms with van der Waals surface area (Å²) in [6.45, 7) is 16.4. The zero-order valence-corrected chi connectivity index (χ0v) is 29.7. The number of benzene rings is 2. The Morgan fingerprint density at radius 2 is 1.43 bits per heavy atom. The molecule has 5 aliphatic carbocycles. The lowest BCUT2D eigenvalue weighted by Crippen LogP contribution is -2.67. The number of fused-ring (bicyclic) bond motifs is 7. The Kier molecular flexibility index (Phi) is 7.79. The van der Waals surface area contributed by atoms with Crippen molar-refractivity contribution in [2.75, 3.05) is 0 Å². The van der Waals surface area contributed by atoms with E-state index in [9.17, 15) is 14.7 Å². The van der Waals surface area contributed by atoms with E-state index in [0.29, 0.717) is 11.8 Å². The number of ether oxygens (including phenoxy) is 1. The Morgan fingerprint density at radius 3 is 2.04 bits per heavy atom. The lowest BCUT2D eigenvalue weighted by Gasteiger charge is -2.70. The fourth-order valence-electron chi connectivity index (χ4n) is 12.5. The lowest BCUT2D eigenvalue weighted by molar-refractivity contribution is -0.207. The highest BCUT2D eigenvalue weighted by atomic mass is 16.5. The maximum Gasteiger partial charge on any atom is 0.313 e. The molecule has 252 valence electrons. The number of esters is 1. The van der Waals surface area contributed by atoms with Gasteiger partial charge in [-0.25, -0.2) is 0 Å². The van der Waals surface area contributed by atoms with Crippen molar-refractivity contribution >= 4 is 11.8 Å². The first kappa shape index (κ1) is 32.8. The van der Waals surface area contributed by atoms with Crippen LogP contribution >= 0.6 is 0 Å². The Labute approximate surface area is 282 Å². The molecule has 4 nitrogen and oxygen atoms in total. The molecule has 0 unspecified atom stereocenters. The van der Waals surface area contributed by atoms with E-state index in [-0.39, 0.29) is 57.3 Å². The molecule has 0 heterocycles. The Morgan fingerprint density at radius 1 is 0.809 bits per heavy atom. The molecular formula is C43H56O4. The molecule has 0 bridgehead atoms. The number of aliphatic hydroxyl groups excluding tert-OH is 1. The summed E-state index contributed by atoms with van der Waals surface area (Å²) in [6, 6.07) is 20.2. The van der Waals surface area contributed by atoms with Crippen LogP contribution in [0, 0.1) is 56.7 Å². The minimum Gasteiger partial charge on any atom is -0.452 e. The molecule has 1 N–H and O–H groups in total. The molecule has 0 spiro atoms. The summed E-state index contributed by atoms with van der Waals surface area (Å²) < 4.78 is 6.72. The SMILES string of the molecule is C[C@H]1[C@H](C)CC[C@]2(C(=O)OC(c3ccccc3)c3ccccc3)CC[C@]3(C)C(=CC(=O)[C@@H]4[C@@]5(C)CC[C@H](O)C(C)(C)[C@@H]5CC[C@]43C)[C@H]12. The quantitative estimate of drug-likeness (QED) is 0.340. The molecule has 7 rings (SSSR count). The summed E-state index contributed by atoms with van der Waals surface area (Å²) in [4.78, 5) is 29.8. The van der Waals surface area contributed by atoms with Crippen LogP contribution in [0.15, 0.2) is 72.3 Å². The number of rotatable bonds is 4. The van der Waals surface area contributed by atoms with Crippen molar-refractivity contribution in [3.05, 3.63) is 83.4 Å². The highest BCUT2D eigenvalue weighted by molar-refractivity contribution is 5.96. The average molecular weight is 637 g/mol. The molecule has 2 aromatic rings. The predicted molar refractivity (Wildman–Crippen MR) is 186 cm³/mol. The number of hydrogen-bond donors (Lipinski definition) is 1. The Hall–Kier alpha value is -2.72. The highest BCUT2D eigenvalue weighted by Gasteiger charge is 2.71. The summed E-state index contributed by atoms with van der Waals surface area (Å²) >= 11 is 0. The van der Waals surface area contributed by atoms with Crippen molar-refractivity contribution in [3.8, 4) is 0 Å². The third-order valence-electron chi connectivity index (χ3n) is 15.5. The third kappa shape index (κ3) is 4.55. The number of carbonyl (C=O) groups is 2. The van der Waals surface area contributed by atoms with Crippen LogP contribution in [-0.4, -0.2) is 23.0 Å². The fraction of sp³-hybridized carbons (Fsp3) is 0.628. The summed E-state index contributed by atoms with van der Waals surface area (Å²) in [5, 5.41) is 11.1. The zero-order valence-electron chi connectivity index (χ0n) is 29.7. The van der Waals surface area contributed by atoms with Crippen LogP contribution in [0.4, 0.5) is 0 Å². The topological polar surface area (TPSA) is 63.6 Å². The number of aliphatic hydroxyl groups is 1. The molecular weight excluding hydrogens is 580 g/mol. The van der Waals surface area contributed by atoms with Gasteiger partial charge in [-0.3, -0.25) is 9.59 Å². The van der Waals surface area contributed by atoms with Gasteiger partial charge >= 0.3 is 5.97 Å². The van der Waals surface area contributed by atoms with Crippen LogP contribution in [0.3, 0.4) is 0 Å². The molecule has 2 aromatic carbocycles. The summed E-state index contributed by atoms with van der Waals surface area (Å²) in [7, 11) is 0. The monoisotopic (exact) mass is 636 g/mol. The molecule has 0 aromatic heterocycles. The van der Waals surface area contributed by atoms with Crippen molar-refractivity contribution in [2.45, 2.75) is 112 Å². The molecule has 0 radical (unpaired) electrons. The van der Waals surface area contributed by atoms with Gasteiger partial charge in [-0.1, -0.05) is 115 Å². The van der Waals surface area contributed by atoms with Crippen molar-refractivity contribution in [2.24, 2.45) is 56.7 Å². The molecule has 10 atom stereocenters.